The number of hydrazine groups is 1. The number of hydrogen-bond acceptors (Lipinski definition) is 13. The number of carbonyl (C=O) groups excluding carboxylic acids is 1. The van der Waals surface area contributed by atoms with Crippen LogP contribution >= 0.6 is 21.2 Å². The summed E-state index contributed by atoms with van der Waals surface area (Å²) in [6.45, 7) is 4.88. The molecule has 5 heterocycles. The number of nitrogens with one attached hydrogen (secondary N) is 1. The minimum absolute atomic E-state index is 0.0486. The van der Waals surface area contributed by atoms with E-state index in [1.165, 1.54) is 41.9 Å². The van der Waals surface area contributed by atoms with Crippen LogP contribution in [-0.4, -0.2) is 117 Å². The van der Waals surface area contributed by atoms with Crippen molar-refractivity contribution in [2.24, 2.45) is 17.4 Å². The van der Waals surface area contributed by atoms with Crippen LogP contribution in [-0.2, 0) is 61.7 Å². The fraction of sp³-hybridized carbons (Fsp3) is 0.460. The highest BCUT2D eigenvalue weighted by Crippen LogP contribution is 2.35. The Kier molecular flexibility index (Phi) is 22.6. The first-order valence-corrected chi connectivity index (χ1v) is 28.8. The largest absolute Gasteiger partial charge is 0.416 e. The van der Waals surface area contributed by atoms with E-state index in [1.807, 2.05) is 57.6 Å². The lowest BCUT2D eigenvalue weighted by molar-refractivity contribution is -0.138. The molecule has 4 fully saturated rings. The van der Waals surface area contributed by atoms with Gasteiger partial charge in [0.05, 0.1) is 37.5 Å². The van der Waals surface area contributed by atoms with Crippen molar-refractivity contribution in [2.45, 2.75) is 81.5 Å². The van der Waals surface area contributed by atoms with Crippen LogP contribution in [0.3, 0.4) is 0 Å². The average molecular weight is 1160 g/mol. The van der Waals surface area contributed by atoms with Crippen LogP contribution in [0, 0.1) is 5.41 Å². The number of aliphatic hydroxyl groups is 1. The van der Waals surface area contributed by atoms with E-state index in [0.29, 0.717) is 43.9 Å². The molecule has 4 aliphatic heterocycles. The van der Waals surface area contributed by atoms with Crippen molar-refractivity contribution in [3.8, 4) is 11.4 Å². The quantitative estimate of drug-likeness (QED) is 0.0145. The van der Waals surface area contributed by atoms with Gasteiger partial charge in [-0.25, -0.2) is 0 Å². The van der Waals surface area contributed by atoms with E-state index < -0.39 is 35.3 Å². The molecule has 402 valence electrons. The zero-order chi connectivity index (χ0) is 54.0. The third-order valence-electron chi connectivity index (χ3n) is 11.0. The number of nitrogens with two attached hydrogens (primary N) is 3. The van der Waals surface area contributed by atoms with E-state index in [2.05, 4.69) is 27.1 Å². The van der Waals surface area contributed by atoms with Crippen LogP contribution in [0.15, 0.2) is 97.1 Å². The zero-order valence-electron chi connectivity index (χ0n) is 41.0. The maximum Gasteiger partial charge on any atom is 0.416 e. The number of nitrogens with zero attached hydrogens (tertiary/aromatic N) is 4. The minimum Gasteiger partial charge on any atom is -0.385 e. The number of benzene rings is 4. The second-order valence-corrected chi connectivity index (χ2v) is 32.1. The molecular formula is C50H65F6IN8O7S. The number of amidine groups is 1. The molecule has 0 saturated carbocycles. The van der Waals surface area contributed by atoms with Gasteiger partial charge in [0.2, 0.25) is 5.82 Å². The monoisotopic (exact) mass is 1160 g/mol. The molecule has 5 aromatic rings. The van der Waals surface area contributed by atoms with Crippen molar-refractivity contribution >= 4 is 39.1 Å². The third kappa shape index (κ3) is 22.7. The molecule has 0 bridgehead atoms. The molecular weight excluding hydrogens is 1100 g/mol. The smallest absolute Gasteiger partial charge is 0.385 e. The molecule has 73 heavy (non-hydrogen) atoms. The number of rotatable bonds is 8. The molecule has 1 spiro atoms. The normalized spacial score (nSPS) is 20.0. The van der Waals surface area contributed by atoms with E-state index in [4.69, 9.17) is 30.1 Å². The highest BCUT2D eigenvalue weighted by molar-refractivity contribution is 14.2. The standard InChI is InChI=1S/C21H21F3N4O2.C15H13F3N2.C6H10O2.C5H8O2.C3H9IOS.H4N2/c22-21(23,24)17-8-6-15(7-9-17)12-16-4-1-2-5-18(16)19-25-27-28(26-19)13-20(29)10-3-11-30-14-20;16-15(17,18)12-7-5-10(6-8-12)9-11-3-1-2-4-13(11)14(19)20;1-2-6(5-8-6)4-7-3-1;6-5-2-1-3-7-4-5;1-6(2,3,4)5;1-2/h1-2,4-9,29H,3,10-14H2;1-8H,9H2,(H3,19,20);1-5H2;1-4H2;1-3H3;1-2H2. The van der Waals surface area contributed by atoms with E-state index in [-0.39, 0.29) is 30.4 Å². The number of aromatic nitrogens is 4. The molecule has 15 nitrogen and oxygen atoms in total. The number of halogens is 7. The van der Waals surface area contributed by atoms with Gasteiger partial charge in [-0.2, -0.15) is 31.1 Å². The second kappa shape index (κ2) is 27.2. The van der Waals surface area contributed by atoms with Gasteiger partial charge in [-0.05, 0) is 115 Å². The van der Waals surface area contributed by atoms with Gasteiger partial charge in [-0.1, -0.05) is 79.0 Å². The molecule has 23 heteroatoms. The molecule has 4 aromatic carbocycles. The molecule has 8 N–H and O–H groups in total. The van der Waals surface area contributed by atoms with E-state index in [9.17, 15) is 40.5 Å². The Labute approximate surface area is 433 Å². The number of hydrogen-bond donors (Lipinski definition) is 5. The lowest BCUT2D eigenvalue weighted by Gasteiger charge is -2.30. The average Bonchev–Trinajstić information content (AvgIpc) is 3.92. The van der Waals surface area contributed by atoms with Gasteiger partial charge >= 0.3 is 12.4 Å². The maximum absolute atomic E-state index is 12.8. The highest BCUT2D eigenvalue weighted by atomic mass is 127. The molecule has 4 aliphatic rings. The molecule has 0 radical (unpaired) electrons. The lowest BCUT2D eigenvalue weighted by Crippen LogP contribution is -2.43. The van der Waals surface area contributed by atoms with E-state index >= 15 is 0 Å². The van der Waals surface area contributed by atoms with Crippen LogP contribution < -0.4 is 17.4 Å². The first-order chi connectivity index (χ1) is 34.2. The highest BCUT2D eigenvalue weighted by Gasteiger charge is 2.46. The van der Waals surface area contributed by atoms with Crippen LogP contribution in [0.25, 0.3) is 11.4 Å². The third-order valence-corrected chi connectivity index (χ3v) is 11.0. The topological polar surface area (TPSA) is 240 Å². The van der Waals surface area contributed by atoms with Crippen LogP contribution in [0.5, 0.6) is 0 Å². The van der Waals surface area contributed by atoms with Crippen molar-refractivity contribution in [3.63, 3.8) is 0 Å². The molecule has 0 amide bonds. The predicted molar refractivity (Wildman–Crippen MR) is 276 cm³/mol. The van der Waals surface area contributed by atoms with Gasteiger partial charge < -0.3 is 29.8 Å². The van der Waals surface area contributed by atoms with Gasteiger partial charge in [0.1, 0.15) is 23.6 Å². The van der Waals surface area contributed by atoms with Crippen LogP contribution in [0.2, 0.25) is 0 Å². The number of carbonyl (C=O) groups is 1. The van der Waals surface area contributed by atoms with Crippen molar-refractivity contribution in [3.05, 3.63) is 136 Å². The lowest BCUT2D eigenvalue weighted by atomic mass is 9.97. The Morgan fingerprint density at radius 1 is 0.753 bits per heavy atom. The van der Waals surface area contributed by atoms with E-state index in [1.54, 1.807) is 30.9 Å². The summed E-state index contributed by atoms with van der Waals surface area (Å²) in [5.41, 5.74) is 7.86. The number of alkyl halides is 6. The zero-order valence-corrected chi connectivity index (χ0v) is 44.0. The number of ether oxygens (including phenoxy) is 4. The summed E-state index contributed by atoms with van der Waals surface area (Å²) >= 11 is 1.96. The molecule has 0 aliphatic carbocycles. The fourth-order valence-electron chi connectivity index (χ4n) is 7.32. The number of tetrazole rings is 1. The Morgan fingerprint density at radius 3 is 1.67 bits per heavy atom. The Bertz CT molecular complexity index is 2550. The van der Waals surface area contributed by atoms with Crippen molar-refractivity contribution in [1.29, 1.82) is 5.41 Å². The predicted octanol–water partition coefficient (Wildman–Crippen LogP) is 7.87. The number of ketones is 1. The Balaban J connectivity index is 0.000000228. The molecule has 4 saturated heterocycles. The van der Waals surface area contributed by atoms with Gasteiger partial charge in [-0.3, -0.25) is 26.1 Å². The summed E-state index contributed by atoms with van der Waals surface area (Å²) in [6.07, 6.45) is 0.715. The van der Waals surface area contributed by atoms with Crippen molar-refractivity contribution in [1.82, 2.24) is 20.2 Å². The number of Topliss-reactive ketones (excluding diaryl/α,β-unsaturated/α-hetero) is 1. The van der Waals surface area contributed by atoms with Crippen molar-refractivity contribution in [2.75, 3.05) is 65.0 Å². The first kappa shape index (κ1) is 60.8. The van der Waals surface area contributed by atoms with Gasteiger partial charge in [0.15, 0.2) is 5.78 Å². The fourth-order valence-corrected chi connectivity index (χ4v) is 7.32. The summed E-state index contributed by atoms with van der Waals surface area (Å²) in [7, 11) is 0. The van der Waals surface area contributed by atoms with E-state index in [0.717, 1.165) is 97.8 Å². The Morgan fingerprint density at radius 2 is 1.25 bits per heavy atom. The van der Waals surface area contributed by atoms with Crippen molar-refractivity contribution < 1.29 is 59.4 Å². The SMILES string of the molecule is C1COCC2(C1)CO2.CS(C)(C)(=O)I.N=C(N)c1ccccc1Cc1ccc(C(F)(F)F)cc1.NN.O=C1CCCOC1.OC1(Cn2nnc(-c3ccccc3Cc3ccc(C(F)(F)F)cc3)n2)CCCOC1. The Hall–Kier alpha value is -4.73. The molecule has 2 atom stereocenters. The summed E-state index contributed by atoms with van der Waals surface area (Å²) in [6, 6.07) is 24.7. The van der Waals surface area contributed by atoms with Gasteiger partial charge in [0.25, 0.3) is 0 Å². The number of epoxide rings is 1. The molecule has 2 unspecified atom stereocenters. The maximum atomic E-state index is 12.8. The summed E-state index contributed by atoms with van der Waals surface area (Å²) in [5, 5.41) is 30.7. The summed E-state index contributed by atoms with van der Waals surface area (Å²) in [4.78, 5) is 11.7. The van der Waals surface area contributed by atoms with Gasteiger partial charge in [-0.15, -0.1) is 10.2 Å². The summed E-state index contributed by atoms with van der Waals surface area (Å²) in [5.74, 6) is 8.59. The minimum atomic E-state index is -4.35. The second-order valence-electron chi connectivity index (χ2n) is 18.6. The molecule has 1 aromatic heterocycles. The van der Waals surface area contributed by atoms with Gasteiger partial charge in [0, 0.05) is 58.6 Å². The number of nitrogen functional groups attached to an aromatic ring is 1. The molecule has 9 rings (SSSR count). The summed E-state index contributed by atoms with van der Waals surface area (Å²) < 4.78 is 107. The first-order valence-electron chi connectivity index (χ1n) is 23.1. The van der Waals surface area contributed by atoms with Crippen LogP contribution in [0.4, 0.5) is 26.3 Å². The van der Waals surface area contributed by atoms with Crippen LogP contribution in [0.1, 0.15) is 77.5 Å².